The van der Waals surface area contributed by atoms with Crippen LogP contribution < -0.4 is 0 Å². The molecule has 50 heavy (non-hydrogen) atoms. The van der Waals surface area contributed by atoms with Crippen molar-refractivity contribution >= 4 is 0 Å². The van der Waals surface area contributed by atoms with Gasteiger partial charge in [-0.1, -0.05) is 182 Å². The van der Waals surface area contributed by atoms with Crippen LogP contribution in [0.25, 0.3) is 11.4 Å². The molecule has 0 aliphatic carbocycles. The molecule has 0 aliphatic heterocycles. The first-order valence-corrected chi connectivity index (χ1v) is 17.1. The van der Waals surface area contributed by atoms with E-state index in [-0.39, 0.29) is 0 Å². The van der Waals surface area contributed by atoms with Crippen molar-refractivity contribution in [2.24, 2.45) is 0 Å². The van der Waals surface area contributed by atoms with Gasteiger partial charge < -0.3 is 9.13 Å². The van der Waals surface area contributed by atoms with Crippen LogP contribution in [0.4, 0.5) is 0 Å². The number of rotatable bonds is 9. The molecule has 2 aromatic heterocycles. The van der Waals surface area contributed by atoms with Crippen molar-refractivity contribution in [3.8, 4) is 11.4 Å². The van der Waals surface area contributed by atoms with Gasteiger partial charge in [-0.3, -0.25) is 0 Å². The molecule has 2 heterocycles. The Morgan fingerprint density at radius 3 is 0.720 bits per heavy atom. The maximum Gasteiger partial charge on any atom is 0.121 e. The SMILES string of the molecule is Cc1nc(-c2cn(C(c3ccccc3)(c3ccccc3)c3ccccc3)c(C)n2)cn1C(c1ccccc1)(c1ccccc1)c1ccccc1. The van der Waals surface area contributed by atoms with Crippen molar-refractivity contribution in [2.45, 2.75) is 24.9 Å². The molecule has 0 fully saturated rings. The van der Waals surface area contributed by atoms with Gasteiger partial charge in [0.1, 0.15) is 34.1 Å². The van der Waals surface area contributed by atoms with Crippen molar-refractivity contribution in [3.63, 3.8) is 0 Å². The lowest BCUT2D eigenvalue weighted by atomic mass is 9.76. The highest BCUT2D eigenvalue weighted by Gasteiger charge is 2.41. The van der Waals surface area contributed by atoms with E-state index in [0.717, 1.165) is 56.4 Å². The molecule has 0 spiro atoms. The summed E-state index contributed by atoms with van der Waals surface area (Å²) in [6.45, 7) is 4.19. The smallest absolute Gasteiger partial charge is 0.121 e. The number of benzene rings is 6. The van der Waals surface area contributed by atoms with Crippen LogP contribution in [0, 0.1) is 13.8 Å². The highest BCUT2D eigenvalue weighted by Crippen LogP contribution is 2.44. The first kappa shape index (κ1) is 31.0. The lowest BCUT2D eigenvalue weighted by molar-refractivity contribution is 0.501. The molecule has 0 N–H and O–H groups in total. The highest BCUT2D eigenvalue weighted by atomic mass is 15.2. The molecule has 0 amide bonds. The van der Waals surface area contributed by atoms with Gasteiger partial charge in [0.25, 0.3) is 0 Å². The lowest BCUT2D eigenvalue weighted by Crippen LogP contribution is -2.38. The molecule has 0 aliphatic rings. The topological polar surface area (TPSA) is 35.6 Å². The zero-order valence-electron chi connectivity index (χ0n) is 28.3. The first-order chi connectivity index (χ1) is 24.6. The van der Waals surface area contributed by atoms with E-state index in [1.807, 2.05) is 0 Å². The number of hydrogen-bond donors (Lipinski definition) is 0. The van der Waals surface area contributed by atoms with Gasteiger partial charge in [0.15, 0.2) is 0 Å². The molecule has 4 nitrogen and oxygen atoms in total. The Bertz CT molecular complexity index is 1950. The fourth-order valence-corrected chi connectivity index (χ4v) is 7.78. The zero-order valence-corrected chi connectivity index (χ0v) is 28.3. The van der Waals surface area contributed by atoms with Crippen LogP contribution in [0.3, 0.4) is 0 Å². The summed E-state index contributed by atoms with van der Waals surface area (Å²) in [6, 6.07) is 64.4. The molecule has 6 aromatic carbocycles. The summed E-state index contributed by atoms with van der Waals surface area (Å²) < 4.78 is 4.66. The van der Waals surface area contributed by atoms with Gasteiger partial charge in [-0.15, -0.1) is 0 Å². The second-order valence-electron chi connectivity index (χ2n) is 12.7. The summed E-state index contributed by atoms with van der Waals surface area (Å²) in [5.41, 5.74) is 7.23. The van der Waals surface area contributed by atoms with Crippen molar-refractivity contribution < 1.29 is 0 Å². The number of aryl methyl sites for hydroxylation is 2. The average molecular weight is 647 g/mol. The first-order valence-electron chi connectivity index (χ1n) is 17.1. The molecule has 0 unspecified atom stereocenters. The van der Waals surface area contributed by atoms with E-state index in [0.29, 0.717) is 0 Å². The van der Waals surface area contributed by atoms with Gasteiger partial charge in [0, 0.05) is 12.4 Å². The zero-order chi connectivity index (χ0) is 34.0. The van der Waals surface area contributed by atoms with Crippen molar-refractivity contribution in [2.75, 3.05) is 0 Å². The van der Waals surface area contributed by atoms with Crippen molar-refractivity contribution in [1.82, 2.24) is 19.1 Å². The highest BCUT2D eigenvalue weighted by molar-refractivity contribution is 5.59. The van der Waals surface area contributed by atoms with E-state index >= 15 is 0 Å². The Morgan fingerprint density at radius 2 is 0.520 bits per heavy atom. The predicted octanol–water partition coefficient (Wildman–Crippen LogP) is 10.0. The van der Waals surface area contributed by atoms with Gasteiger partial charge in [-0.05, 0) is 47.2 Å². The Hall–Kier alpha value is -6.26. The molecular formula is C46H38N4. The maximum atomic E-state index is 5.27. The van der Waals surface area contributed by atoms with Gasteiger partial charge in [0.2, 0.25) is 0 Å². The summed E-state index contributed by atoms with van der Waals surface area (Å²) in [4.78, 5) is 10.5. The van der Waals surface area contributed by atoms with Gasteiger partial charge >= 0.3 is 0 Å². The van der Waals surface area contributed by atoms with E-state index < -0.39 is 11.1 Å². The quantitative estimate of drug-likeness (QED) is 0.146. The van der Waals surface area contributed by atoms with E-state index in [4.69, 9.17) is 9.97 Å². The van der Waals surface area contributed by atoms with Crippen molar-refractivity contribution in [3.05, 3.63) is 239 Å². The minimum absolute atomic E-state index is 0.668. The third-order valence-corrected chi connectivity index (χ3v) is 9.90. The largest absolute Gasteiger partial charge is 0.316 e. The molecule has 4 heteroatoms. The van der Waals surface area contributed by atoms with E-state index in [2.05, 4.69) is 217 Å². The van der Waals surface area contributed by atoms with Crippen LogP contribution in [-0.2, 0) is 11.1 Å². The van der Waals surface area contributed by atoms with Crippen LogP contribution in [0.2, 0.25) is 0 Å². The van der Waals surface area contributed by atoms with Crippen LogP contribution in [0.1, 0.15) is 45.0 Å². The van der Waals surface area contributed by atoms with E-state index in [9.17, 15) is 0 Å². The molecule has 8 aromatic rings. The third kappa shape index (κ3) is 5.00. The fourth-order valence-electron chi connectivity index (χ4n) is 7.78. The number of hydrogen-bond acceptors (Lipinski definition) is 2. The summed E-state index contributed by atoms with van der Waals surface area (Å²) in [7, 11) is 0. The number of aromatic nitrogens is 4. The third-order valence-electron chi connectivity index (χ3n) is 9.90. The molecule has 0 radical (unpaired) electrons. The summed E-state index contributed by atoms with van der Waals surface area (Å²) in [6.07, 6.45) is 4.37. The van der Waals surface area contributed by atoms with Crippen LogP contribution in [0.15, 0.2) is 194 Å². The van der Waals surface area contributed by atoms with Crippen LogP contribution in [0.5, 0.6) is 0 Å². The minimum Gasteiger partial charge on any atom is -0.316 e. The molecular weight excluding hydrogens is 609 g/mol. The molecule has 8 rings (SSSR count). The van der Waals surface area contributed by atoms with E-state index in [1.165, 1.54) is 0 Å². The van der Waals surface area contributed by atoms with Crippen molar-refractivity contribution in [1.29, 1.82) is 0 Å². The average Bonchev–Trinajstić information content (AvgIpc) is 3.77. The second-order valence-corrected chi connectivity index (χ2v) is 12.7. The normalized spacial score (nSPS) is 11.8. The minimum atomic E-state index is -0.668. The number of nitrogens with zero attached hydrogens (tertiary/aromatic N) is 4. The van der Waals surface area contributed by atoms with E-state index in [1.54, 1.807) is 0 Å². The molecule has 242 valence electrons. The Balaban J connectivity index is 1.38. The summed E-state index contributed by atoms with van der Waals surface area (Å²) >= 11 is 0. The van der Waals surface area contributed by atoms with Crippen LogP contribution in [-0.4, -0.2) is 19.1 Å². The molecule has 0 bridgehead atoms. The van der Waals surface area contributed by atoms with Gasteiger partial charge in [-0.2, -0.15) is 0 Å². The Morgan fingerprint density at radius 1 is 0.320 bits per heavy atom. The lowest BCUT2D eigenvalue weighted by Gasteiger charge is -2.38. The number of imidazole rings is 2. The van der Waals surface area contributed by atoms with Gasteiger partial charge in [-0.25, -0.2) is 9.97 Å². The Kier molecular flexibility index (Phi) is 8.06. The molecule has 0 saturated carbocycles. The molecule has 0 saturated heterocycles. The van der Waals surface area contributed by atoms with Crippen LogP contribution >= 0.6 is 0 Å². The maximum absolute atomic E-state index is 5.27. The monoisotopic (exact) mass is 646 g/mol. The molecule has 0 atom stereocenters. The summed E-state index contributed by atoms with van der Waals surface area (Å²) in [5.74, 6) is 1.79. The fraction of sp³-hybridized carbons (Fsp3) is 0.0870. The Labute approximate surface area is 294 Å². The summed E-state index contributed by atoms with van der Waals surface area (Å²) in [5, 5.41) is 0. The second kappa shape index (κ2) is 13.0. The standard InChI is InChI=1S/C46H38N4/c1-35-47-43(33-49(35)45(37-21-9-3-10-22-37,38-23-11-4-12-24-38)39-25-13-5-14-26-39)44-34-50(36(2)48-44)46(40-27-15-6-16-28-40,41-29-17-7-18-30-41)42-31-19-8-20-32-42/h3-34H,1-2H3. The van der Waals surface area contributed by atoms with Gasteiger partial charge in [0.05, 0.1) is 0 Å². The predicted molar refractivity (Wildman–Crippen MR) is 202 cm³/mol.